The van der Waals surface area contributed by atoms with Gasteiger partial charge in [0.2, 0.25) is 0 Å². The average Bonchev–Trinajstić information content (AvgIpc) is 2.74. The van der Waals surface area contributed by atoms with Gasteiger partial charge in [0, 0.05) is 5.38 Å². The van der Waals surface area contributed by atoms with Gasteiger partial charge in [-0.05, 0) is 6.92 Å². The summed E-state index contributed by atoms with van der Waals surface area (Å²) in [5, 5.41) is 0.758. The lowest BCUT2D eigenvalue weighted by Gasteiger charge is -1.97. The Balaban J connectivity index is 2.67. The van der Waals surface area contributed by atoms with Crippen LogP contribution in [0.4, 0.5) is 0 Å². The van der Waals surface area contributed by atoms with E-state index in [0.717, 1.165) is 11.8 Å². The van der Waals surface area contributed by atoms with Gasteiger partial charge in [0.15, 0.2) is 10.0 Å². The molecule has 16 heavy (non-hydrogen) atoms. The molecule has 0 bridgehead atoms. The monoisotopic (exact) mass is 259 g/mol. The van der Waals surface area contributed by atoms with Crippen molar-refractivity contribution in [3.8, 4) is 0 Å². The molecule has 7 heteroatoms. The quantitative estimate of drug-likeness (QED) is 0.330. The maximum Gasteiger partial charge on any atom is 0.357 e. The van der Waals surface area contributed by atoms with Gasteiger partial charge in [-0.25, -0.2) is 9.78 Å². The number of ether oxygens (including phenoxy) is 1. The van der Waals surface area contributed by atoms with Gasteiger partial charge < -0.3 is 14.3 Å². The number of thiazole rings is 1. The number of thioether (sulfide) groups is 1. The number of carbonyl (C=O) groups excluding carboxylic acids is 3. The van der Waals surface area contributed by atoms with Crippen molar-refractivity contribution in [2.75, 3.05) is 6.61 Å². The number of carbonyl (C=O) groups is 3. The van der Waals surface area contributed by atoms with E-state index < -0.39 is 11.2 Å². The van der Waals surface area contributed by atoms with Crippen molar-refractivity contribution in [1.82, 2.24) is 4.98 Å². The Kier molecular flexibility index (Phi) is 5.13. The molecule has 0 radical (unpaired) electrons. The van der Waals surface area contributed by atoms with Crippen LogP contribution in [0.15, 0.2) is 9.72 Å². The van der Waals surface area contributed by atoms with E-state index in [1.54, 1.807) is 6.92 Å². The van der Waals surface area contributed by atoms with Crippen molar-refractivity contribution in [3.63, 3.8) is 0 Å². The highest BCUT2D eigenvalue weighted by molar-refractivity contribution is 8.02. The zero-order valence-electron chi connectivity index (χ0n) is 8.41. The number of hydrogen-bond acceptors (Lipinski definition) is 7. The van der Waals surface area contributed by atoms with Gasteiger partial charge in [0.25, 0.3) is 0 Å². The molecule has 5 nitrogen and oxygen atoms in total. The summed E-state index contributed by atoms with van der Waals surface area (Å²) in [7, 11) is 0. The highest BCUT2D eigenvalue weighted by atomic mass is 32.2. The van der Waals surface area contributed by atoms with E-state index in [1.807, 2.05) is 0 Å². The molecule has 0 saturated heterocycles. The van der Waals surface area contributed by atoms with Crippen molar-refractivity contribution in [3.05, 3.63) is 11.1 Å². The number of esters is 1. The lowest BCUT2D eigenvalue weighted by atomic mass is 10.5. The summed E-state index contributed by atoms with van der Waals surface area (Å²) in [5.41, 5.74) is 0.199. The van der Waals surface area contributed by atoms with Gasteiger partial charge >= 0.3 is 5.97 Å². The zero-order valence-corrected chi connectivity index (χ0v) is 10.0. The van der Waals surface area contributed by atoms with Gasteiger partial charge in [-0.1, -0.05) is 11.8 Å². The van der Waals surface area contributed by atoms with Crippen LogP contribution in [0.25, 0.3) is 0 Å². The Morgan fingerprint density at radius 2 is 2.31 bits per heavy atom. The normalized spacial score (nSPS) is 10.1. The van der Waals surface area contributed by atoms with E-state index in [-0.39, 0.29) is 12.3 Å². The molecule has 0 amide bonds. The second-order valence-electron chi connectivity index (χ2n) is 2.57. The fourth-order valence-electron chi connectivity index (χ4n) is 0.814. The maximum atomic E-state index is 11.3. The fourth-order valence-corrected chi connectivity index (χ4v) is 2.52. The van der Waals surface area contributed by atoms with Gasteiger partial charge in [0.05, 0.1) is 6.61 Å². The Morgan fingerprint density at radius 3 is 2.88 bits per heavy atom. The second-order valence-corrected chi connectivity index (χ2v) is 4.86. The van der Waals surface area contributed by atoms with Crippen LogP contribution in [0.5, 0.6) is 0 Å². The minimum Gasteiger partial charge on any atom is -0.461 e. The topological polar surface area (TPSA) is 73.3 Å². The largest absolute Gasteiger partial charge is 0.461 e. The first-order valence-corrected chi connectivity index (χ1v) is 6.17. The average molecular weight is 259 g/mol. The molecular weight excluding hydrogens is 250 g/mol. The molecule has 0 fully saturated rings. The van der Waals surface area contributed by atoms with Crippen molar-refractivity contribution in [2.45, 2.75) is 16.5 Å². The molecule has 1 rings (SSSR count). The summed E-state index contributed by atoms with van der Waals surface area (Å²) in [5.74, 6) is -0.501. The Labute approximate surface area is 100 Å². The van der Waals surface area contributed by atoms with Crippen molar-refractivity contribution in [1.29, 1.82) is 0 Å². The molecule has 0 spiro atoms. The SMILES string of the molecule is CCOC(=O)c1csc(SC(C=O)C=O)n1. The summed E-state index contributed by atoms with van der Waals surface area (Å²) in [4.78, 5) is 36.0. The van der Waals surface area contributed by atoms with Crippen LogP contribution in [-0.2, 0) is 14.3 Å². The van der Waals surface area contributed by atoms with Crippen LogP contribution < -0.4 is 0 Å². The molecule has 0 saturated carbocycles. The molecule has 0 aromatic carbocycles. The predicted molar refractivity (Wildman–Crippen MR) is 59.8 cm³/mol. The van der Waals surface area contributed by atoms with Crippen LogP contribution in [-0.4, -0.2) is 35.4 Å². The highest BCUT2D eigenvalue weighted by Gasteiger charge is 2.15. The summed E-state index contributed by atoms with van der Waals surface area (Å²) >= 11 is 2.20. The zero-order chi connectivity index (χ0) is 12.0. The fraction of sp³-hybridized carbons (Fsp3) is 0.333. The molecule has 0 atom stereocenters. The van der Waals surface area contributed by atoms with E-state index in [0.29, 0.717) is 16.9 Å². The second kappa shape index (κ2) is 6.39. The Bertz CT molecular complexity index is 383. The number of rotatable bonds is 6. The van der Waals surface area contributed by atoms with E-state index in [1.165, 1.54) is 16.7 Å². The van der Waals surface area contributed by atoms with E-state index >= 15 is 0 Å². The van der Waals surface area contributed by atoms with E-state index in [4.69, 9.17) is 4.74 Å². The lowest BCUT2D eigenvalue weighted by molar-refractivity contribution is -0.113. The van der Waals surface area contributed by atoms with Crippen LogP contribution in [0, 0.1) is 0 Å². The molecule has 0 aliphatic rings. The summed E-state index contributed by atoms with van der Waals surface area (Å²) in [6.45, 7) is 1.98. The van der Waals surface area contributed by atoms with Crippen LogP contribution in [0.3, 0.4) is 0 Å². The van der Waals surface area contributed by atoms with Crippen molar-refractivity contribution < 1.29 is 19.1 Å². The molecular formula is C9H9NO4S2. The molecule has 1 aromatic rings. The Morgan fingerprint density at radius 1 is 1.62 bits per heavy atom. The minimum atomic E-state index is -0.777. The van der Waals surface area contributed by atoms with Gasteiger partial charge in [-0.15, -0.1) is 11.3 Å². The molecule has 1 heterocycles. The number of hydrogen-bond donors (Lipinski definition) is 0. The van der Waals surface area contributed by atoms with Gasteiger partial charge in [0.1, 0.15) is 17.8 Å². The molecule has 0 aliphatic carbocycles. The molecule has 0 N–H and O–H groups in total. The third-order valence-electron chi connectivity index (χ3n) is 1.47. The third-order valence-corrected chi connectivity index (χ3v) is 3.47. The van der Waals surface area contributed by atoms with Crippen LogP contribution in [0.1, 0.15) is 17.4 Å². The summed E-state index contributed by atoms with van der Waals surface area (Å²) in [6.07, 6.45) is 1.06. The van der Waals surface area contributed by atoms with Gasteiger partial charge in [-0.3, -0.25) is 0 Å². The van der Waals surface area contributed by atoms with Crippen molar-refractivity contribution in [2.24, 2.45) is 0 Å². The minimum absolute atomic E-state index is 0.199. The standard InChI is InChI=1S/C9H9NO4S2/c1-2-14-8(13)7-5-15-9(10-7)16-6(3-11)4-12/h3-6H,2H2,1H3. The summed E-state index contributed by atoms with van der Waals surface area (Å²) < 4.78 is 5.25. The molecule has 86 valence electrons. The third kappa shape index (κ3) is 3.42. The number of aromatic nitrogens is 1. The van der Waals surface area contributed by atoms with Crippen molar-refractivity contribution >= 4 is 41.6 Å². The van der Waals surface area contributed by atoms with Gasteiger partial charge in [-0.2, -0.15) is 0 Å². The number of aldehydes is 2. The Hall–Kier alpha value is -1.21. The molecule has 0 unspecified atom stereocenters. The van der Waals surface area contributed by atoms with Crippen LogP contribution in [0.2, 0.25) is 0 Å². The lowest BCUT2D eigenvalue weighted by Crippen LogP contribution is -2.06. The smallest absolute Gasteiger partial charge is 0.357 e. The molecule has 1 aromatic heterocycles. The van der Waals surface area contributed by atoms with E-state index in [9.17, 15) is 14.4 Å². The maximum absolute atomic E-state index is 11.3. The van der Waals surface area contributed by atoms with E-state index in [2.05, 4.69) is 4.98 Å². The first kappa shape index (κ1) is 12.9. The highest BCUT2D eigenvalue weighted by Crippen LogP contribution is 2.25. The molecule has 0 aliphatic heterocycles. The van der Waals surface area contributed by atoms with Crippen LogP contribution >= 0.6 is 23.1 Å². The first-order chi connectivity index (χ1) is 7.71. The number of nitrogens with zero attached hydrogens (tertiary/aromatic N) is 1. The predicted octanol–water partition coefficient (Wildman–Crippen LogP) is 1.18. The summed E-state index contributed by atoms with van der Waals surface area (Å²) in [6, 6.07) is 0. The first-order valence-electron chi connectivity index (χ1n) is 4.41.